The average molecular weight is 379 g/mol. The quantitative estimate of drug-likeness (QED) is 0.503. The minimum Gasteiger partial charge on any atom is -0.361 e. The average Bonchev–Trinajstić information content (AvgIpc) is 3.12. The first-order valence-electron chi connectivity index (χ1n) is 8.22. The van der Waals surface area contributed by atoms with E-state index in [1.165, 1.54) is 12.1 Å². The van der Waals surface area contributed by atoms with Gasteiger partial charge in [0.1, 0.15) is 0 Å². The summed E-state index contributed by atoms with van der Waals surface area (Å²) in [5.74, 6) is 0.370. The molecule has 4 rings (SSSR count). The van der Waals surface area contributed by atoms with E-state index in [9.17, 15) is 8.42 Å². The number of primary sulfonamides is 1. The zero-order valence-corrected chi connectivity index (χ0v) is 15.3. The monoisotopic (exact) mass is 379 g/mol. The first kappa shape index (κ1) is 17.2. The van der Waals surface area contributed by atoms with Crippen LogP contribution in [0, 0.1) is 6.92 Å². The van der Waals surface area contributed by atoms with Crippen LogP contribution >= 0.6 is 0 Å². The van der Waals surface area contributed by atoms with Gasteiger partial charge in [0.25, 0.3) is 0 Å². The molecule has 136 valence electrons. The number of rotatable bonds is 4. The molecule has 0 fully saturated rings. The van der Waals surface area contributed by atoms with Crippen molar-refractivity contribution in [1.82, 2.24) is 15.0 Å². The van der Waals surface area contributed by atoms with Crippen LogP contribution in [-0.2, 0) is 10.0 Å². The highest BCUT2D eigenvalue weighted by Crippen LogP contribution is 2.30. The third-order valence-corrected chi connectivity index (χ3v) is 5.15. The van der Waals surface area contributed by atoms with E-state index in [4.69, 9.17) is 5.14 Å². The molecule has 27 heavy (non-hydrogen) atoms. The van der Waals surface area contributed by atoms with Crippen LogP contribution in [0.1, 0.15) is 5.56 Å². The van der Waals surface area contributed by atoms with Gasteiger partial charge in [-0.25, -0.2) is 23.5 Å². The summed E-state index contributed by atoms with van der Waals surface area (Å²) in [5, 5.41) is 9.31. The molecule has 0 amide bonds. The summed E-state index contributed by atoms with van der Waals surface area (Å²) in [7, 11) is -3.78. The molecule has 0 radical (unpaired) electrons. The summed E-state index contributed by atoms with van der Waals surface area (Å²) in [5.41, 5.74) is 4.31. The molecule has 0 aliphatic rings. The third-order valence-electron chi connectivity index (χ3n) is 4.24. The van der Waals surface area contributed by atoms with Crippen molar-refractivity contribution in [2.24, 2.45) is 5.14 Å². The van der Waals surface area contributed by atoms with E-state index in [2.05, 4.69) is 20.3 Å². The van der Waals surface area contributed by atoms with Crippen molar-refractivity contribution in [3.63, 3.8) is 0 Å². The second-order valence-electron chi connectivity index (χ2n) is 6.17. The Balaban J connectivity index is 1.75. The van der Waals surface area contributed by atoms with Crippen molar-refractivity contribution >= 4 is 32.6 Å². The van der Waals surface area contributed by atoms with Crippen LogP contribution < -0.4 is 10.5 Å². The number of anilines is 2. The van der Waals surface area contributed by atoms with Gasteiger partial charge < -0.3 is 10.3 Å². The fourth-order valence-corrected chi connectivity index (χ4v) is 3.51. The smallest absolute Gasteiger partial charge is 0.238 e. The highest BCUT2D eigenvalue weighted by molar-refractivity contribution is 7.89. The number of aromatic nitrogens is 3. The maximum atomic E-state index is 11.5. The van der Waals surface area contributed by atoms with Gasteiger partial charge in [-0.3, -0.25) is 0 Å². The van der Waals surface area contributed by atoms with Crippen molar-refractivity contribution in [3.8, 4) is 11.3 Å². The van der Waals surface area contributed by atoms with E-state index in [0.29, 0.717) is 11.6 Å². The molecule has 2 aromatic carbocycles. The Morgan fingerprint density at radius 1 is 1.11 bits per heavy atom. The minimum atomic E-state index is -3.78. The molecular weight excluding hydrogens is 362 g/mol. The molecule has 2 heterocycles. The van der Waals surface area contributed by atoms with E-state index in [1.807, 2.05) is 37.4 Å². The van der Waals surface area contributed by atoms with E-state index >= 15 is 0 Å². The number of aryl methyl sites for hydroxylation is 1. The van der Waals surface area contributed by atoms with Crippen LogP contribution in [0.5, 0.6) is 0 Å². The van der Waals surface area contributed by atoms with Crippen molar-refractivity contribution in [1.29, 1.82) is 0 Å². The fourth-order valence-electron chi connectivity index (χ4n) is 2.95. The highest BCUT2D eigenvalue weighted by atomic mass is 32.2. The highest BCUT2D eigenvalue weighted by Gasteiger charge is 2.12. The maximum absolute atomic E-state index is 11.5. The van der Waals surface area contributed by atoms with E-state index < -0.39 is 10.0 Å². The second-order valence-corrected chi connectivity index (χ2v) is 7.73. The van der Waals surface area contributed by atoms with Gasteiger partial charge in [-0.05, 0) is 42.8 Å². The Hall–Kier alpha value is -3.23. The SMILES string of the molecule is Cc1cnc(Nc2cccc(S(N)(=O)=O)c2)nc1-c1cccc2[nH]ccc12. The van der Waals surface area contributed by atoms with Crippen LogP contribution in [0.25, 0.3) is 22.2 Å². The van der Waals surface area contributed by atoms with Crippen LogP contribution in [-0.4, -0.2) is 23.4 Å². The van der Waals surface area contributed by atoms with Crippen LogP contribution in [0.15, 0.2) is 65.8 Å². The topological polar surface area (TPSA) is 114 Å². The number of nitrogens with one attached hydrogen (secondary N) is 2. The molecule has 0 atom stereocenters. The summed E-state index contributed by atoms with van der Waals surface area (Å²) >= 11 is 0. The van der Waals surface area contributed by atoms with E-state index in [0.717, 1.165) is 27.7 Å². The van der Waals surface area contributed by atoms with Gasteiger partial charge >= 0.3 is 0 Å². The van der Waals surface area contributed by atoms with Crippen molar-refractivity contribution < 1.29 is 8.42 Å². The normalized spacial score (nSPS) is 11.6. The molecule has 0 spiro atoms. The second kappa shape index (κ2) is 6.49. The first-order chi connectivity index (χ1) is 12.9. The number of benzene rings is 2. The van der Waals surface area contributed by atoms with Gasteiger partial charge in [-0.2, -0.15) is 0 Å². The van der Waals surface area contributed by atoms with Gasteiger partial charge in [0.2, 0.25) is 16.0 Å². The number of hydrogen-bond acceptors (Lipinski definition) is 5. The summed E-state index contributed by atoms with van der Waals surface area (Å²) in [6.45, 7) is 1.95. The standard InChI is InChI=1S/C19H17N5O2S/c1-12-11-22-19(23-13-4-2-5-14(10-13)27(20,25)26)24-18(12)16-6-3-7-17-15(16)8-9-21-17/h2-11,21H,1H3,(H2,20,25,26)(H,22,23,24). The Labute approximate surface area is 156 Å². The third kappa shape index (κ3) is 3.40. The summed E-state index contributed by atoms with van der Waals surface area (Å²) in [6, 6.07) is 14.2. The Bertz CT molecular complexity index is 1250. The van der Waals surface area contributed by atoms with Gasteiger partial charge in [-0.15, -0.1) is 0 Å². The molecule has 0 aliphatic heterocycles. The van der Waals surface area contributed by atoms with Crippen molar-refractivity contribution in [2.45, 2.75) is 11.8 Å². The van der Waals surface area contributed by atoms with Gasteiger partial charge in [0.15, 0.2) is 0 Å². The molecule has 4 N–H and O–H groups in total. The van der Waals surface area contributed by atoms with E-state index in [-0.39, 0.29) is 4.90 Å². The molecule has 0 unspecified atom stereocenters. The molecule has 4 aromatic rings. The fraction of sp³-hybridized carbons (Fsp3) is 0.0526. The summed E-state index contributed by atoms with van der Waals surface area (Å²) in [4.78, 5) is 12.2. The molecular formula is C19H17N5O2S. The van der Waals surface area contributed by atoms with Gasteiger partial charge in [0, 0.05) is 34.5 Å². The lowest BCUT2D eigenvalue weighted by molar-refractivity contribution is 0.598. The molecule has 0 saturated carbocycles. The number of aromatic amines is 1. The number of sulfonamides is 1. The van der Waals surface area contributed by atoms with Gasteiger partial charge in [-0.1, -0.05) is 18.2 Å². The maximum Gasteiger partial charge on any atom is 0.238 e. The van der Waals surface area contributed by atoms with E-state index in [1.54, 1.807) is 18.3 Å². The molecule has 0 aliphatic carbocycles. The minimum absolute atomic E-state index is 0.0249. The van der Waals surface area contributed by atoms with Crippen molar-refractivity contribution in [3.05, 3.63) is 66.5 Å². The lowest BCUT2D eigenvalue weighted by Crippen LogP contribution is -2.12. The zero-order valence-electron chi connectivity index (χ0n) is 14.5. The molecule has 2 aromatic heterocycles. The molecule has 0 saturated heterocycles. The lowest BCUT2D eigenvalue weighted by atomic mass is 10.0. The van der Waals surface area contributed by atoms with Crippen molar-refractivity contribution in [2.75, 3.05) is 5.32 Å². The largest absolute Gasteiger partial charge is 0.361 e. The molecule has 7 nitrogen and oxygen atoms in total. The van der Waals surface area contributed by atoms with Crippen LogP contribution in [0.4, 0.5) is 11.6 Å². The molecule has 8 heteroatoms. The zero-order chi connectivity index (χ0) is 19.0. The van der Waals surface area contributed by atoms with Crippen LogP contribution in [0.3, 0.4) is 0 Å². The Kier molecular flexibility index (Phi) is 4.14. The number of hydrogen-bond donors (Lipinski definition) is 3. The predicted octanol–water partition coefficient (Wildman–Crippen LogP) is 3.32. The number of nitrogens with two attached hydrogens (primary N) is 1. The number of H-pyrrole nitrogens is 1. The predicted molar refractivity (Wildman–Crippen MR) is 105 cm³/mol. The Morgan fingerprint density at radius 3 is 2.74 bits per heavy atom. The lowest BCUT2D eigenvalue weighted by Gasteiger charge is -2.11. The van der Waals surface area contributed by atoms with Crippen LogP contribution in [0.2, 0.25) is 0 Å². The summed E-state index contributed by atoms with van der Waals surface area (Å²) < 4.78 is 23.1. The molecule has 0 bridgehead atoms. The number of nitrogens with zero attached hydrogens (tertiary/aromatic N) is 2. The Morgan fingerprint density at radius 2 is 1.93 bits per heavy atom. The summed E-state index contributed by atoms with van der Waals surface area (Å²) in [6.07, 6.45) is 3.63. The number of fused-ring (bicyclic) bond motifs is 1. The van der Waals surface area contributed by atoms with Gasteiger partial charge in [0.05, 0.1) is 10.6 Å². The first-order valence-corrected chi connectivity index (χ1v) is 9.76.